The summed E-state index contributed by atoms with van der Waals surface area (Å²) >= 11 is 0. The van der Waals surface area contributed by atoms with Crippen LogP contribution in [-0.4, -0.2) is 30.6 Å². The van der Waals surface area contributed by atoms with Crippen LogP contribution in [-0.2, 0) is 14.3 Å². The van der Waals surface area contributed by atoms with Gasteiger partial charge < -0.3 is 9.84 Å². The first kappa shape index (κ1) is 9.10. The molecule has 1 fully saturated rings. The number of aliphatic carboxylic acids is 1. The lowest BCUT2D eigenvalue weighted by atomic mass is 10.4. The normalized spacial score (nSPS) is 15.2. The molecule has 1 rings (SSSR count). The van der Waals surface area contributed by atoms with E-state index >= 15 is 0 Å². The van der Waals surface area contributed by atoms with Crippen molar-refractivity contribution >= 4 is 12.3 Å². The van der Waals surface area contributed by atoms with Gasteiger partial charge in [0, 0.05) is 13.2 Å². The summed E-state index contributed by atoms with van der Waals surface area (Å²) in [7, 11) is 0. The summed E-state index contributed by atoms with van der Waals surface area (Å²) in [5.41, 5.74) is 0. The van der Waals surface area contributed by atoms with Crippen molar-refractivity contribution < 1.29 is 19.4 Å². The third-order valence-corrected chi connectivity index (χ3v) is 0.928. The van der Waals surface area contributed by atoms with Crippen LogP contribution in [0.25, 0.3) is 0 Å². The zero-order valence-corrected chi connectivity index (χ0v) is 5.58. The van der Waals surface area contributed by atoms with Gasteiger partial charge in [0.15, 0.2) is 0 Å². The Morgan fingerprint density at radius 2 is 1.80 bits per heavy atom. The molecule has 0 aromatic rings. The van der Waals surface area contributed by atoms with Crippen LogP contribution in [0.5, 0.6) is 0 Å². The Morgan fingerprint density at radius 1 is 1.40 bits per heavy atom. The number of carboxylic acids is 1. The molecule has 58 valence electrons. The van der Waals surface area contributed by atoms with E-state index in [1.54, 1.807) is 0 Å². The highest BCUT2D eigenvalue weighted by Gasteiger charge is 1.94. The summed E-state index contributed by atoms with van der Waals surface area (Å²) in [6.45, 7) is 2.00. The first-order valence-corrected chi connectivity index (χ1v) is 3.03. The number of ether oxygens (including phenoxy) is 1. The molecular formula is C6H10O4. The summed E-state index contributed by atoms with van der Waals surface area (Å²) in [5.74, 6) is -1.43. The van der Waals surface area contributed by atoms with Crippen molar-refractivity contribution in [1.29, 1.82) is 0 Å². The van der Waals surface area contributed by atoms with Crippen LogP contribution in [0.15, 0.2) is 0 Å². The van der Waals surface area contributed by atoms with Crippen LogP contribution in [0.1, 0.15) is 12.8 Å². The molecule has 1 aliphatic heterocycles. The molecule has 0 aliphatic carbocycles. The van der Waals surface area contributed by atoms with Crippen molar-refractivity contribution in [1.82, 2.24) is 0 Å². The largest absolute Gasteiger partial charge is 0.476 e. The first-order chi connectivity index (χ1) is 4.77. The summed E-state index contributed by atoms with van der Waals surface area (Å²) in [6, 6.07) is 0. The highest BCUT2D eigenvalue weighted by molar-refractivity contribution is 6.19. The number of rotatable bonds is 1. The number of aldehydes is 1. The summed E-state index contributed by atoms with van der Waals surface area (Å²) in [5, 5.41) is 7.35. The lowest BCUT2D eigenvalue weighted by molar-refractivity contribution is -0.143. The molecule has 0 spiro atoms. The topological polar surface area (TPSA) is 63.6 Å². The van der Waals surface area contributed by atoms with E-state index in [1.807, 2.05) is 0 Å². The zero-order valence-electron chi connectivity index (χ0n) is 5.58. The fourth-order valence-corrected chi connectivity index (χ4v) is 0.510. The predicted molar refractivity (Wildman–Crippen MR) is 33.8 cm³/mol. The van der Waals surface area contributed by atoms with E-state index in [4.69, 9.17) is 19.4 Å². The lowest BCUT2D eigenvalue weighted by Crippen LogP contribution is -1.91. The molecule has 0 unspecified atom stereocenters. The Kier molecular flexibility index (Phi) is 5.66. The molecule has 1 saturated heterocycles. The van der Waals surface area contributed by atoms with E-state index in [1.165, 1.54) is 12.8 Å². The van der Waals surface area contributed by atoms with Gasteiger partial charge in [-0.2, -0.15) is 0 Å². The molecule has 1 aliphatic rings. The highest BCUT2D eigenvalue weighted by Crippen LogP contribution is 1.98. The molecule has 1 heterocycles. The van der Waals surface area contributed by atoms with Gasteiger partial charge >= 0.3 is 5.97 Å². The number of carbonyl (C=O) groups excluding carboxylic acids is 1. The van der Waals surface area contributed by atoms with E-state index in [-0.39, 0.29) is 6.29 Å². The maximum Gasteiger partial charge on any atom is 0.368 e. The van der Waals surface area contributed by atoms with Gasteiger partial charge in [-0.1, -0.05) is 0 Å². The Balaban J connectivity index is 0.000000162. The zero-order chi connectivity index (χ0) is 7.82. The molecule has 0 radical (unpaired) electrons. The minimum absolute atomic E-state index is 0.167. The molecule has 0 bridgehead atoms. The second-order valence-corrected chi connectivity index (χ2v) is 1.78. The Labute approximate surface area is 58.8 Å². The third-order valence-electron chi connectivity index (χ3n) is 0.928. The SMILES string of the molecule is C1CCOC1.O=CC(=O)O. The van der Waals surface area contributed by atoms with E-state index < -0.39 is 5.97 Å². The van der Waals surface area contributed by atoms with Gasteiger partial charge in [0.2, 0.25) is 6.29 Å². The van der Waals surface area contributed by atoms with Gasteiger partial charge in [0.1, 0.15) is 0 Å². The van der Waals surface area contributed by atoms with Crippen molar-refractivity contribution in [2.24, 2.45) is 0 Å². The summed E-state index contributed by atoms with van der Waals surface area (Å²) < 4.78 is 4.94. The third kappa shape index (κ3) is 7.10. The fraction of sp³-hybridized carbons (Fsp3) is 0.667. The number of hydrogen-bond donors (Lipinski definition) is 1. The molecule has 0 atom stereocenters. The molecule has 0 saturated carbocycles. The molecular weight excluding hydrogens is 136 g/mol. The molecule has 4 heteroatoms. The van der Waals surface area contributed by atoms with Crippen molar-refractivity contribution in [3.63, 3.8) is 0 Å². The van der Waals surface area contributed by atoms with E-state index in [2.05, 4.69) is 0 Å². The van der Waals surface area contributed by atoms with Crippen LogP contribution in [0.3, 0.4) is 0 Å². The van der Waals surface area contributed by atoms with E-state index in [0.29, 0.717) is 0 Å². The summed E-state index contributed by atoms with van der Waals surface area (Å²) in [4.78, 5) is 17.9. The van der Waals surface area contributed by atoms with Crippen molar-refractivity contribution in [3.8, 4) is 0 Å². The monoisotopic (exact) mass is 146 g/mol. The number of hydrogen-bond acceptors (Lipinski definition) is 3. The van der Waals surface area contributed by atoms with Crippen molar-refractivity contribution in [2.45, 2.75) is 12.8 Å². The molecule has 10 heavy (non-hydrogen) atoms. The van der Waals surface area contributed by atoms with E-state index in [9.17, 15) is 0 Å². The van der Waals surface area contributed by atoms with Gasteiger partial charge in [0.25, 0.3) is 0 Å². The van der Waals surface area contributed by atoms with Gasteiger partial charge in [0.05, 0.1) is 0 Å². The Hall–Kier alpha value is -0.900. The smallest absolute Gasteiger partial charge is 0.368 e. The number of carboxylic acid groups (broad SMARTS) is 1. The lowest BCUT2D eigenvalue weighted by Gasteiger charge is -1.76. The second-order valence-electron chi connectivity index (χ2n) is 1.78. The fourth-order valence-electron chi connectivity index (χ4n) is 0.510. The van der Waals surface area contributed by atoms with Gasteiger partial charge in [-0.15, -0.1) is 0 Å². The van der Waals surface area contributed by atoms with Crippen LogP contribution in [0.2, 0.25) is 0 Å². The summed E-state index contributed by atoms with van der Waals surface area (Å²) in [6.07, 6.45) is 2.39. The Morgan fingerprint density at radius 3 is 1.90 bits per heavy atom. The molecule has 0 amide bonds. The minimum atomic E-state index is -1.43. The maximum atomic E-state index is 9.00. The minimum Gasteiger partial charge on any atom is -0.476 e. The molecule has 0 aromatic carbocycles. The average Bonchev–Trinajstić information content (AvgIpc) is 2.43. The van der Waals surface area contributed by atoms with Crippen LogP contribution >= 0.6 is 0 Å². The van der Waals surface area contributed by atoms with Crippen molar-refractivity contribution in [3.05, 3.63) is 0 Å². The van der Waals surface area contributed by atoms with Crippen LogP contribution in [0, 0.1) is 0 Å². The standard InChI is InChI=1S/C4H8O.C2H2O3/c1-2-4-5-3-1;3-1-2(4)5/h1-4H2;1H,(H,4,5). The Bertz CT molecular complexity index is 98.7. The van der Waals surface area contributed by atoms with Crippen LogP contribution < -0.4 is 0 Å². The molecule has 0 aromatic heterocycles. The van der Waals surface area contributed by atoms with Gasteiger partial charge in [-0.3, -0.25) is 4.79 Å². The number of carbonyl (C=O) groups is 2. The highest BCUT2D eigenvalue weighted by atomic mass is 16.5. The maximum absolute atomic E-state index is 9.00. The average molecular weight is 146 g/mol. The van der Waals surface area contributed by atoms with Gasteiger partial charge in [-0.05, 0) is 12.8 Å². The molecule has 1 N–H and O–H groups in total. The predicted octanol–water partition coefficient (Wildman–Crippen LogP) is 0.0667. The first-order valence-electron chi connectivity index (χ1n) is 3.03. The van der Waals surface area contributed by atoms with Gasteiger partial charge in [-0.25, -0.2) is 4.79 Å². The van der Waals surface area contributed by atoms with Crippen molar-refractivity contribution in [2.75, 3.05) is 13.2 Å². The quantitative estimate of drug-likeness (QED) is 0.420. The van der Waals surface area contributed by atoms with E-state index in [0.717, 1.165) is 13.2 Å². The second kappa shape index (κ2) is 6.22. The van der Waals surface area contributed by atoms with Crippen LogP contribution in [0.4, 0.5) is 0 Å². The molecule has 4 nitrogen and oxygen atoms in total.